The summed E-state index contributed by atoms with van der Waals surface area (Å²) in [6.45, 7) is 3.97. The number of hydrogen-bond acceptors (Lipinski definition) is 5. The minimum Gasteiger partial charge on any atom is -0.493 e. The highest BCUT2D eigenvalue weighted by molar-refractivity contribution is 5.95. The van der Waals surface area contributed by atoms with Gasteiger partial charge in [-0.1, -0.05) is 30.3 Å². The Balaban J connectivity index is 1.49. The molecule has 0 spiro atoms. The molecule has 0 bridgehead atoms. The lowest BCUT2D eigenvalue weighted by Gasteiger charge is -2.42. The summed E-state index contributed by atoms with van der Waals surface area (Å²) >= 11 is 0. The summed E-state index contributed by atoms with van der Waals surface area (Å²) in [5, 5.41) is 0. The zero-order valence-electron chi connectivity index (χ0n) is 18.1. The van der Waals surface area contributed by atoms with Crippen LogP contribution in [0.1, 0.15) is 36.2 Å². The number of alkyl halides is 1. The first-order chi connectivity index (χ1) is 14.8. The van der Waals surface area contributed by atoms with Gasteiger partial charge >= 0.3 is 0 Å². The number of benzene rings is 2. The molecule has 0 saturated carbocycles. The molecule has 2 aliphatic rings. The number of hydrogen-bond donors (Lipinski definition) is 0. The summed E-state index contributed by atoms with van der Waals surface area (Å²) in [4.78, 5) is 15.0. The Morgan fingerprint density at radius 1 is 1.23 bits per heavy atom. The molecule has 0 aliphatic carbocycles. The second-order valence-corrected chi connectivity index (χ2v) is 8.55. The molecule has 2 fully saturated rings. The van der Waals surface area contributed by atoms with Crippen LogP contribution in [0.3, 0.4) is 0 Å². The van der Waals surface area contributed by atoms with E-state index in [4.69, 9.17) is 18.9 Å². The maximum absolute atomic E-state index is 13.8. The molecular weight excluding hydrogens is 401 g/mol. The van der Waals surface area contributed by atoms with Crippen LogP contribution in [0.2, 0.25) is 0 Å². The van der Waals surface area contributed by atoms with E-state index in [9.17, 15) is 9.18 Å². The van der Waals surface area contributed by atoms with Gasteiger partial charge in [-0.25, -0.2) is 4.39 Å². The molecule has 2 aromatic rings. The van der Waals surface area contributed by atoms with Crippen LogP contribution in [0.5, 0.6) is 11.5 Å². The van der Waals surface area contributed by atoms with Gasteiger partial charge in [0.05, 0.1) is 13.7 Å². The van der Waals surface area contributed by atoms with Crippen LogP contribution in [-0.4, -0.2) is 56.2 Å². The highest BCUT2D eigenvalue weighted by atomic mass is 19.1. The van der Waals surface area contributed by atoms with Gasteiger partial charge in [0.25, 0.3) is 5.91 Å². The largest absolute Gasteiger partial charge is 0.493 e. The fraction of sp³-hybridized carbons (Fsp3) is 0.458. The van der Waals surface area contributed by atoms with Gasteiger partial charge in [0.2, 0.25) is 0 Å². The van der Waals surface area contributed by atoms with E-state index in [1.165, 1.54) is 21.0 Å². The van der Waals surface area contributed by atoms with Crippen LogP contribution in [0.4, 0.5) is 4.39 Å². The van der Waals surface area contributed by atoms with E-state index >= 15 is 0 Å². The first kappa shape index (κ1) is 21.6. The summed E-state index contributed by atoms with van der Waals surface area (Å²) in [5.74, 6) is 0.679. The molecule has 2 saturated heterocycles. The minimum atomic E-state index is -1.47. The number of amides is 1. The van der Waals surface area contributed by atoms with E-state index < -0.39 is 11.3 Å². The first-order valence-corrected chi connectivity index (χ1v) is 10.4. The Hall–Kier alpha value is -2.64. The van der Waals surface area contributed by atoms with Crippen molar-refractivity contribution in [3.8, 4) is 11.5 Å². The highest BCUT2D eigenvalue weighted by Crippen LogP contribution is 2.42. The van der Waals surface area contributed by atoms with E-state index in [2.05, 4.69) is 0 Å². The van der Waals surface area contributed by atoms with E-state index in [1.54, 1.807) is 23.1 Å². The Morgan fingerprint density at radius 3 is 2.71 bits per heavy atom. The third kappa shape index (κ3) is 4.38. The van der Waals surface area contributed by atoms with Crippen LogP contribution >= 0.6 is 0 Å². The van der Waals surface area contributed by atoms with Crippen molar-refractivity contribution in [3.05, 3.63) is 59.7 Å². The maximum Gasteiger partial charge on any atom is 0.254 e. The number of rotatable bonds is 6. The molecule has 0 N–H and O–H groups in total. The molecule has 7 heteroatoms. The molecule has 166 valence electrons. The summed E-state index contributed by atoms with van der Waals surface area (Å²) in [6.07, 6.45) is 0.418. The molecule has 2 aliphatic heterocycles. The van der Waals surface area contributed by atoms with Crippen LogP contribution in [-0.2, 0) is 15.1 Å². The van der Waals surface area contributed by atoms with E-state index in [0.717, 1.165) is 5.56 Å². The molecule has 0 radical (unpaired) electrons. The van der Waals surface area contributed by atoms with Crippen molar-refractivity contribution in [3.63, 3.8) is 0 Å². The Kier molecular flexibility index (Phi) is 5.90. The third-order valence-electron chi connectivity index (χ3n) is 5.78. The Labute approximate surface area is 181 Å². The van der Waals surface area contributed by atoms with Crippen LogP contribution in [0.15, 0.2) is 48.5 Å². The highest BCUT2D eigenvalue weighted by Gasteiger charge is 2.51. The predicted molar refractivity (Wildman–Crippen MR) is 113 cm³/mol. The van der Waals surface area contributed by atoms with Gasteiger partial charge in [-0.2, -0.15) is 0 Å². The van der Waals surface area contributed by atoms with Crippen molar-refractivity contribution < 1.29 is 28.1 Å². The number of ether oxygens (including phenoxy) is 4. The summed E-state index contributed by atoms with van der Waals surface area (Å²) in [5.41, 5.74) is -0.437. The van der Waals surface area contributed by atoms with Crippen molar-refractivity contribution in [2.75, 3.05) is 33.6 Å². The van der Waals surface area contributed by atoms with E-state index in [0.29, 0.717) is 36.6 Å². The molecule has 6 nitrogen and oxygen atoms in total. The fourth-order valence-corrected chi connectivity index (χ4v) is 4.14. The van der Waals surface area contributed by atoms with Gasteiger partial charge < -0.3 is 23.8 Å². The number of halogens is 1. The van der Waals surface area contributed by atoms with Gasteiger partial charge in [0.1, 0.15) is 30.8 Å². The summed E-state index contributed by atoms with van der Waals surface area (Å²) in [7, 11) is 1.50. The third-order valence-corrected chi connectivity index (χ3v) is 5.78. The molecular formula is C24H28FNO5. The monoisotopic (exact) mass is 429 g/mol. The summed E-state index contributed by atoms with van der Waals surface area (Å²) in [6, 6.07) is 15.0. The lowest BCUT2D eigenvalue weighted by atomic mass is 9.82. The van der Waals surface area contributed by atoms with Crippen molar-refractivity contribution in [2.45, 2.75) is 37.6 Å². The van der Waals surface area contributed by atoms with Crippen molar-refractivity contribution in [1.82, 2.24) is 4.90 Å². The quantitative estimate of drug-likeness (QED) is 0.696. The smallest absolute Gasteiger partial charge is 0.254 e. The molecule has 2 heterocycles. The summed E-state index contributed by atoms with van der Waals surface area (Å²) < 4.78 is 36.6. The first-order valence-electron chi connectivity index (χ1n) is 10.4. The van der Waals surface area contributed by atoms with Crippen LogP contribution in [0.25, 0.3) is 0 Å². The zero-order valence-corrected chi connectivity index (χ0v) is 18.1. The second-order valence-electron chi connectivity index (χ2n) is 8.55. The van der Waals surface area contributed by atoms with Gasteiger partial charge in [0.15, 0.2) is 11.5 Å². The van der Waals surface area contributed by atoms with Gasteiger partial charge in [-0.15, -0.1) is 0 Å². The Bertz CT molecular complexity index is 929. The fourth-order valence-electron chi connectivity index (χ4n) is 4.14. The van der Waals surface area contributed by atoms with Gasteiger partial charge in [-0.05, 0) is 37.6 Å². The Morgan fingerprint density at radius 2 is 2.00 bits per heavy atom. The SMILES string of the molecule is COc1cc(C(=O)N2CCC3(c4ccccc4)OCOC3C2)ccc1OCC(C)(C)F. The van der Waals surface area contributed by atoms with Crippen LogP contribution < -0.4 is 9.47 Å². The standard InChI is InChI=1S/C24H28FNO5/c1-23(2,25)15-29-19-10-9-17(13-20(19)28-3)22(27)26-12-11-24(18-7-5-4-6-8-18)21(14-26)30-16-31-24/h4-10,13,21H,11-12,14-16H2,1-3H3. The number of carbonyl (C=O) groups excluding carboxylic acids is 1. The number of likely N-dealkylation sites (tertiary alicyclic amines) is 1. The molecule has 2 unspecified atom stereocenters. The van der Waals surface area contributed by atoms with Gasteiger partial charge in [0, 0.05) is 18.5 Å². The maximum atomic E-state index is 13.8. The van der Waals surface area contributed by atoms with Crippen LogP contribution in [0, 0.1) is 0 Å². The van der Waals surface area contributed by atoms with E-state index in [1.807, 2.05) is 30.3 Å². The molecule has 2 atom stereocenters. The topological polar surface area (TPSA) is 57.2 Å². The molecule has 31 heavy (non-hydrogen) atoms. The lowest BCUT2D eigenvalue weighted by Crippen LogP contribution is -2.53. The second kappa shape index (κ2) is 8.48. The lowest BCUT2D eigenvalue weighted by molar-refractivity contribution is -0.0439. The minimum absolute atomic E-state index is 0.108. The molecule has 0 aromatic heterocycles. The number of methoxy groups -OCH3 is 1. The normalized spacial score (nSPS) is 23.4. The zero-order chi connectivity index (χ0) is 22.1. The number of nitrogens with zero attached hydrogens (tertiary/aromatic N) is 1. The number of piperidine rings is 1. The van der Waals surface area contributed by atoms with Gasteiger partial charge in [-0.3, -0.25) is 4.79 Å². The number of fused-ring (bicyclic) bond motifs is 1. The average Bonchev–Trinajstić information content (AvgIpc) is 3.21. The molecule has 2 aromatic carbocycles. The average molecular weight is 429 g/mol. The van der Waals surface area contributed by atoms with Crippen molar-refractivity contribution in [2.24, 2.45) is 0 Å². The predicted octanol–water partition coefficient (Wildman–Crippen LogP) is 3.94. The van der Waals surface area contributed by atoms with Crippen molar-refractivity contribution in [1.29, 1.82) is 0 Å². The van der Waals surface area contributed by atoms with Crippen molar-refractivity contribution >= 4 is 5.91 Å². The molecule has 1 amide bonds. The molecule has 4 rings (SSSR count). The van der Waals surface area contributed by atoms with E-state index in [-0.39, 0.29) is 25.4 Å². The number of carbonyl (C=O) groups is 1.